The second kappa shape index (κ2) is 5.35. The molecule has 94 valence electrons. The van der Waals surface area contributed by atoms with E-state index in [4.69, 9.17) is 4.52 Å². The average Bonchev–Trinajstić information content (AvgIpc) is 2.76. The van der Waals surface area contributed by atoms with E-state index in [1.165, 1.54) is 0 Å². The molecule has 1 aromatic heterocycles. The second-order valence-electron chi connectivity index (χ2n) is 4.03. The van der Waals surface area contributed by atoms with E-state index in [0.29, 0.717) is 17.9 Å². The van der Waals surface area contributed by atoms with E-state index in [-0.39, 0.29) is 5.91 Å². The minimum absolute atomic E-state index is 0.122. The van der Waals surface area contributed by atoms with Gasteiger partial charge in [0, 0.05) is 16.1 Å². The lowest BCUT2D eigenvalue weighted by atomic mass is 10.1. The van der Waals surface area contributed by atoms with Crippen molar-refractivity contribution in [3.8, 4) is 0 Å². The number of aryl methyl sites for hydroxylation is 1. The number of amides is 1. The predicted molar refractivity (Wildman–Crippen MR) is 71.3 cm³/mol. The molecule has 0 fully saturated rings. The molecule has 2 rings (SSSR count). The number of hydrogen-bond acceptors (Lipinski definition) is 3. The van der Waals surface area contributed by atoms with Gasteiger partial charge >= 0.3 is 0 Å². The summed E-state index contributed by atoms with van der Waals surface area (Å²) in [6, 6.07) is 7.34. The van der Waals surface area contributed by atoms with E-state index in [1.807, 2.05) is 26.0 Å². The Kier molecular flexibility index (Phi) is 3.81. The molecule has 18 heavy (non-hydrogen) atoms. The lowest BCUT2D eigenvalue weighted by molar-refractivity contribution is 0.0946. The van der Waals surface area contributed by atoms with Gasteiger partial charge < -0.3 is 9.84 Å². The zero-order valence-electron chi connectivity index (χ0n) is 10.2. The third kappa shape index (κ3) is 2.79. The number of aromatic nitrogens is 1. The largest absolute Gasteiger partial charge is 0.359 e. The van der Waals surface area contributed by atoms with Crippen molar-refractivity contribution in [1.82, 2.24) is 10.5 Å². The highest BCUT2D eigenvalue weighted by molar-refractivity contribution is 9.10. The second-order valence-corrected chi connectivity index (χ2v) is 4.88. The molecular formula is C13H13BrN2O2. The van der Waals surface area contributed by atoms with Crippen molar-refractivity contribution in [3.05, 3.63) is 51.3 Å². The number of carbonyl (C=O) groups is 1. The minimum atomic E-state index is -0.122. The molecule has 0 saturated heterocycles. The third-order valence-corrected chi connectivity index (χ3v) is 3.47. The van der Waals surface area contributed by atoms with Crippen molar-refractivity contribution in [2.24, 2.45) is 0 Å². The van der Waals surface area contributed by atoms with Crippen molar-refractivity contribution >= 4 is 21.8 Å². The van der Waals surface area contributed by atoms with Gasteiger partial charge in [-0.25, -0.2) is 0 Å². The molecule has 0 spiro atoms. The molecule has 0 aliphatic carbocycles. The Morgan fingerprint density at radius 2 is 2.22 bits per heavy atom. The Balaban J connectivity index is 2.06. The summed E-state index contributed by atoms with van der Waals surface area (Å²) in [6.07, 6.45) is 0. The van der Waals surface area contributed by atoms with Gasteiger partial charge in [0.2, 0.25) is 0 Å². The summed E-state index contributed by atoms with van der Waals surface area (Å²) in [5, 5.41) is 6.57. The Hall–Kier alpha value is -1.62. The van der Waals surface area contributed by atoms with Gasteiger partial charge in [0.05, 0.1) is 12.2 Å². The van der Waals surface area contributed by atoms with Gasteiger partial charge in [0.25, 0.3) is 5.91 Å². The van der Waals surface area contributed by atoms with Crippen molar-refractivity contribution < 1.29 is 9.32 Å². The summed E-state index contributed by atoms with van der Waals surface area (Å²) in [7, 11) is 0. The monoisotopic (exact) mass is 308 g/mol. The third-order valence-electron chi connectivity index (χ3n) is 2.61. The quantitative estimate of drug-likeness (QED) is 0.948. The highest BCUT2D eigenvalue weighted by Crippen LogP contribution is 2.19. The van der Waals surface area contributed by atoms with Gasteiger partial charge in [-0.3, -0.25) is 4.79 Å². The summed E-state index contributed by atoms with van der Waals surface area (Å²) in [4.78, 5) is 12.0. The fourth-order valence-corrected chi connectivity index (χ4v) is 1.98. The standard InChI is InChI=1S/C13H13BrN2O2/c1-8-6-10(18-16-8)7-15-13(17)11-4-3-5-12(14)9(11)2/h3-6H,7H2,1-2H3,(H,15,17). The minimum Gasteiger partial charge on any atom is -0.359 e. The van der Waals surface area contributed by atoms with Crippen LogP contribution in [0.2, 0.25) is 0 Å². The van der Waals surface area contributed by atoms with Crippen LogP contribution in [0.25, 0.3) is 0 Å². The molecule has 5 heteroatoms. The van der Waals surface area contributed by atoms with E-state index < -0.39 is 0 Å². The Bertz CT molecular complexity index is 578. The van der Waals surface area contributed by atoms with E-state index in [9.17, 15) is 4.79 Å². The van der Waals surface area contributed by atoms with Crippen LogP contribution in [0.15, 0.2) is 33.3 Å². The Labute approximate surface area is 113 Å². The fraction of sp³-hybridized carbons (Fsp3) is 0.231. The summed E-state index contributed by atoms with van der Waals surface area (Å²) in [6.45, 7) is 4.08. The first-order valence-electron chi connectivity index (χ1n) is 5.53. The molecule has 1 heterocycles. The van der Waals surface area contributed by atoms with Gasteiger partial charge in [-0.2, -0.15) is 0 Å². The Morgan fingerprint density at radius 1 is 1.44 bits per heavy atom. The smallest absolute Gasteiger partial charge is 0.251 e. The lowest BCUT2D eigenvalue weighted by Crippen LogP contribution is -2.23. The van der Waals surface area contributed by atoms with Crippen LogP contribution in [-0.4, -0.2) is 11.1 Å². The molecule has 1 N–H and O–H groups in total. The summed E-state index contributed by atoms with van der Waals surface area (Å²) in [5.41, 5.74) is 2.38. The highest BCUT2D eigenvalue weighted by atomic mass is 79.9. The van der Waals surface area contributed by atoms with Crippen LogP contribution in [0, 0.1) is 13.8 Å². The lowest BCUT2D eigenvalue weighted by Gasteiger charge is -2.07. The van der Waals surface area contributed by atoms with Crippen LogP contribution in [0.4, 0.5) is 0 Å². The number of carbonyl (C=O) groups excluding carboxylic acids is 1. The van der Waals surface area contributed by atoms with E-state index in [2.05, 4.69) is 26.4 Å². The first-order valence-corrected chi connectivity index (χ1v) is 6.32. The molecule has 0 saturated carbocycles. The molecule has 0 aliphatic rings. The molecule has 2 aromatic rings. The molecule has 0 atom stereocenters. The highest BCUT2D eigenvalue weighted by Gasteiger charge is 2.11. The van der Waals surface area contributed by atoms with Gasteiger partial charge in [0.1, 0.15) is 0 Å². The molecule has 1 aromatic carbocycles. The SMILES string of the molecule is Cc1cc(CNC(=O)c2cccc(Br)c2C)on1. The molecule has 0 unspecified atom stereocenters. The van der Waals surface area contributed by atoms with Gasteiger partial charge in [-0.05, 0) is 31.5 Å². The first-order chi connectivity index (χ1) is 8.58. The average molecular weight is 309 g/mol. The maximum absolute atomic E-state index is 12.0. The normalized spacial score (nSPS) is 10.4. The predicted octanol–water partition coefficient (Wildman–Crippen LogP) is 2.98. The van der Waals surface area contributed by atoms with Gasteiger partial charge in [-0.15, -0.1) is 0 Å². The fourth-order valence-electron chi connectivity index (χ4n) is 1.62. The van der Waals surface area contributed by atoms with E-state index >= 15 is 0 Å². The van der Waals surface area contributed by atoms with Crippen LogP contribution < -0.4 is 5.32 Å². The van der Waals surface area contributed by atoms with Crippen LogP contribution in [-0.2, 0) is 6.54 Å². The molecule has 0 radical (unpaired) electrons. The maximum atomic E-state index is 12.0. The zero-order valence-corrected chi connectivity index (χ0v) is 11.7. The molecular weight excluding hydrogens is 296 g/mol. The van der Waals surface area contributed by atoms with Crippen molar-refractivity contribution in [3.63, 3.8) is 0 Å². The number of benzene rings is 1. The number of rotatable bonds is 3. The van der Waals surface area contributed by atoms with Crippen LogP contribution in [0.5, 0.6) is 0 Å². The molecule has 0 bridgehead atoms. The zero-order chi connectivity index (χ0) is 13.1. The Morgan fingerprint density at radius 3 is 2.89 bits per heavy atom. The molecule has 1 amide bonds. The number of nitrogens with zero attached hydrogens (tertiary/aromatic N) is 1. The maximum Gasteiger partial charge on any atom is 0.251 e. The molecule has 0 aliphatic heterocycles. The first kappa shape index (κ1) is 12.8. The summed E-state index contributed by atoms with van der Waals surface area (Å²) >= 11 is 3.41. The van der Waals surface area contributed by atoms with Gasteiger partial charge in [0.15, 0.2) is 5.76 Å². The van der Waals surface area contributed by atoms with Crippen LogP contribution in [0.1, 0.15) is 27.4 Å². The number of halogens is 1. The van der Waals surface area contributed by atoms with E-state index in [1.54, 1.807) is 12.1 Å². The summed E-state index contributed by atoms with van der Waals surface area (Å²) < 4.78 is 5.95. The van der Waals surface area contributed by atoms with Crippen molar-refractivity contribution in [2.45, 2.75) is 20.4 Å². The number of nitrogens with one attached hydrogen (secondary N) is 1. The summed E-state index contributed by atoms with van der Waals surface area (Å²) in [5.74, 6) is 0.524. The van der Waals surface area contributed by atoms with Gasteiger partial charge in [-0.1, -0.05) is 27.2 Å². The topological polar surface area (TPSA) is 55.1 Å². The molecule has 4 nitrogen and oxygen atoms in total. The van der Waals surface area contributed by atoms with Crippen molar-refractivity contribution in [2.75, 3.05) is 0 Å². The number of hydrogen-bond donors (Lipinski definition) is 1. The van der Waals surface area contributed by atoms with Crippen LogP contribution in [0.3, 0.4) is 0 Å². The van der Waals surface area contributed by atoms with E-state index in [0.717, 1.165) is 15.7 Å². The van der Waals surface area contributed by atoms with Crippen molar-refractivity contribution in [1.29, 1.82) is 0 Å². The van der Waals surface area contributed by atoms with Crippen LogP contribution >= 0.6 is 15.9 Å².